The molecule has 2 rings (SSSR count). The van der Waals surface area contributed by atoms with E-state index in [2.05, 4.69) is 18.2 Å². The van der Waals surface area contributed by atoms with E-state index >= 15 is 0 Å². The third kappa shape index (κ3) is 4.22. The van der Waals surface area contributed by atoms with Gasteiger partial charge in [-0.05, 0) is 24.3 Å². The highest BCUT2D eigenvalue weighted by Gasteiger charge is 2.02. The van der Waals surface area contributed by atoms with E-state index in [4.69, 9.17) is 14.7 Å². The lowest BCUT2D eigenvalue weighted by atomic mass is 10.2. The van der Waals surface area contributed by atoms with Gasteiger partial charge in [0, 0.05) is 16.7 Å². The molecule has 0 N–H and O–H groups in total. The van der Waals surface area contributed by atoms with Gasteiger partial charge in [-0.1, -0.05) is 18.2 Å². The van der Waals surface area contributed by atoms with E-state index in [1.807, 2.05) is 18.2 Å². The van der Waals surface area contributed by atoms with Crippen LogP contribution in [0.3, 0.4) is 0 Å². The maximum absolute atomic E-state index is 8.94. The summed E-state index contributed by atoms with van der Waals surface area (Å²) < 4.78 is 10.8. The molecule has 0 atom stereocenters. The van der Waals surface area contributed by atoms with Gasteiger partial charge in [0.2, 0.25) is 0 Å². The minimum atomic E-state index is 0.537. The Kier molecular flexibility index (Phi) is 5.33. The molecule has 0 aromatic heterocycles. The van der Waals surface area contributed by atoms with Crippen LogP contribution in [-0.2, 0) is 0 Å². The average Bonchev–Trinajstić information content (AvgIpc) is 2.52. The molecule has 0 amide bonds. The standard InChI is InChI=1S/C16H15NO2S/c1-18-14-9-13(12-17)10-15(11-14)19-7-8-20-16-5-3-2-4-6-16/h2-6,9-11H,7-8H2,1H3. The van der Waals surface area contributed by atoms with Gasteiger partial charge in [-0.15, -0.1) is 11.8 Å². The zero-order chi connectivity index (χ0) is 14.2. The number of hydrogen-bond acceptors (Lipinski definition) is 4. The van der Waals surface area contributed by atoms with Gasteiger partial charge in [0.05, 0.1) is 25.3 Å². The smallest absolute Gasteiger partial charge is 0.124 e. The van der Waals surface area contributed by atoms with Crippen LogP contribution in [0, 0.1) is 11.3 Å². The number of thioether (sulfide) groups is 1. The number of benzene rings is 2. The van der Waals surface area contributed by atoms with Gasteiger partial charge in [-0.3, -0.25) is 0 Å². The van der Waals surface area contributed by atoms with Crippen molar-refractivity contribution in [3.63, 3.8) is 0 Å². The van der Waals surface area contributed by atoms with Crippen molar-refractivity contribution in [1.29, 1.82) is 5.26 Å². The molecule has 102 valence electrons. The fourth-order valence-corrected chi connectivity index (χ4v) is 2.43. The normalized spacial score (nSPS) is 9.80. The molecule has 0 spiro atoms. The second-order valence-electron chi connectivity index (χ2n) is 4.02. The molecule has 0 heterocycles. The Hall–Kier alpha value is -2.12. The molecular weight excluding hydrogens is 270 g/mol. The minimum Gasteiger partial charge on any atom is -0.497 e. The van der Waals surface area contributed by atoms with Crippen molar-refractivity contribution in [1.82, 2.24) is 0 Å². The Labute approximate surface area is 123 Å². The number of methoxy groups -OCH3 is 1. The van der Waals surface area contributed by atoms with Gasteiger partial charge in [-0.25, -0.2) is 0 Å². The van der Waals surface area contributed by atoms with Crippen molar-refractivity contribution < 1.29 is 9.47 Å². The Morgan fingerprint density at radius 3 is 2.55 bits per heavy atom. The Balaban J connectivity index is 1.86. The highest BCUT2D eigenvalue weighted by atomic mass is 32.2. The quantitative estimate of drug-likeness (QED) is 0.599. The maximum Gasteiger partial charge on any atom is 0.124 e. The first kappa shape index (κ1) is 14.3. The summed E-state index contributed by atoms with van der Waals surface area (Å²) in [7, 11) is 1.57. The molecule has 4 heteroatoms. The fraction of sp³-hybridized carbons (Fsp3) is 0.188. The van der Waals surface area contributed by atoms with Crippen molar-refractivity contribution in [3.05, 3.63) is 54.1 Å². The lowest BCUT2D eigenvalue weighted by Gasteiger charge is -2.08. The third-order valence-electron chi connectivity index (χ3n) is 2.61. The number of rotatable bonds is 6. The van der Waals surface area contributed by atoms with E-state index in [9.17, 15) is 0 Å². The molecule has 0 aliphatic carbocycles. The monoisotopic (exact) mass is 285 g/mol. The summed E-state index contributed by atoms with van der Waals surface area (Å²) in [4.78, 5) is 1.22. The van der Waals surface area contributed by atoms with Crippen LogP contribution in [0.4, 0.5) is 0 Å². The molecule has 2 aromatic rings. The molecular formula is C16H15NO2S. The fourth-order valence-electron chi connectivity index (χ4n) is 1.67. The zero-order valence-corrected chi connectivity index (χ0v) is 12.0. The predicted octanol–water partition coefficient (Wildman–Crippen LogP) is 3.74. The van der Waals surface area contributed by atoms with Crippen LogP contribution < -0.4 is 9.47 Å². The summed E-state index contributed by atoms with van der Waals surface area (Å²) in [6.07, 6.45) is 0. The molecule has 0 bridgehead atoms. The van der Waals surface area contributed by atoms with Gasteiger partial charge < -0.3 is 9.47 Å². The summed E-state index contributed by atoms with van der Waals surface area (Å²) >= 11 is 1.74. The molecule has 0 aliphatic heterocycles. The highest BCUT2D eigenvalue weighted by Crippen LogP contribution is 2.23. The van der Waals surface area contributed by atoms with Crippen molar-refractivity contribution >= 4 is 11.8 Å². The number of nitrogens with zero attached hydrogens (tertiary/aromatic N) is 1. The Morgan fingerprint density at radius 2 is 1.85 bits per heavy atom. The van der Waals surface area contributed by atoms with Crippen molar-refractivity contribution in [3.8, 4) is 17.6 Å². The Morgan fingerprint density at radius 1 is 1.10 bits per heavy atom. The maximum atomic E-state index is 8.94. The molecule has 0 saturated heterocycles. The SMILES string of the molecule is COc1cc(C#N)cc(OCCSc2ccccc2)c1. The first-order valence-electron chi connectivity index (χ1n) is 6.21. The van der Waals surface area contributed by atoms with Gasteiger partial charge in [0.25, 0.3) is 0 Å². The molecule has 0 saturated carbocycles. The van der Waals surface area contributed by atoms with Gasteiger partial charge in [0.1, 0.15) is 11.5 Å². The second kappa shape index (κ2) is 7.46. The first-order chi connectivity index (χ1) is 9.81. The van der Waals surface area contributed by atoms with E-state index < -0.39 is 0 Å². The van der Waals surface area contributed by atoms with Crippen LogP contribution >= 0.6 is 11.8 Å². The van der Waals surface area contributed by atoms with Crippen molar-refractivity contribution in [2.45, 2.75) is 4.90 Å². The lowest BCUT2D eigenvalue weighted by Crippen LogP contribution is -2.00. The van der Waals surface area contributed by atoms with Crippen molar-refractivity contribution in [2.75, 3.05) is 19.5 Å². The first-order valence-corrected chi connectivity index (χ1v) is 7.20. The molecule has 2 aromatic carbocycles. The highest BCUT2D eigenvalue weighted by molar-refractivity contribution is 7.99. The summed E-state index contributed by atoms with van der Waals surface area (Å²) in [5.41, 5.74) is 0.537. The predicted molar refractivity (Wildman–Crippen MR) is 80.4 cm³/mol. The van der Waals surface area contributed by atoms with E-state index in [1.54, 1.807) is 37.1 Å². The number of nitriles is 1. The van der Waals surface area contributed by atoms with E-state index in [1.165, 1.54) is 4.90 Å². The van der Waals surface area contributed by atoms with E-state index in [0.29, 0.717) is 23.7 Å². The average molecular weight is 285 g/mol. The largest absolute Gasteiger partial charge is 0.497 e. The number of ether oxygens (including phenoxy) is 2. The molecule has 3 nitrogen and oxygen atoms in total. The Bertz CT molecular complexity index is 593. The van der Waals surface area contributed by atoms with Crippen LogP contribution in [0.15, 0.2) is 53.4 Å². The molecule has 0 unspecified atom stereocenters. The van der Waals surface area contributed by atoms with Gasteiger partial charge in [0.15, 0.2) is 0 Å². The molecule has 0 aliphatic rings. The van der Waals surface area contributed by atoms with Gasteiger partial charge in [-0.2, -0.15) is 5.26 Å². The van der Waals surface area contributed by atoms with Crippen LogP contribution in [0.2, 0.25) is 0 Å². The summed E-state index contributed by atoms with van der Waals surface area (Å²) in [5.74, 6) is 2.15. The van der Waals surface area contributed by atoms with Crippen LogP contribution in [0.25, 0.3) is 0 Å². The lowest BCUT2D eigenvalue weighted by molar-refractivity contribution is 0.339. The van der Waals surface area contributed by atoms with E-state index in [0.717, 1.165) is 5.75 Å². The number of hydrogen-bond donors (Lipinski definition) is 0. The summed E-state index contributed by atoms with van der Waals surface area (Å²) in [5, 5.41) is 8.94. The third-order valence-corrected chi connectivity index (χ3v) is 3.59. The van der Waals surface area contributed by atoms with Crippen LogP contribution in [0.1, 0.15) is 5.56 Å². The van der Waals surface area contributed by atoms with Crippen LogP contribution in [0.5, 0.6) is 11.5 Å². The zero-order valence-electron chi connectivity index (χ0n) is 11.2. The topological polar surface area (TPSA) is 42.2 Å². The molecule has 20 heavy (non-hydrogen) atoms. The van der Waals surface area contributed by atoms with E-state index in [-0.39, 0.29) is 0 Å². The van der Waals surface area contributed by atoms with Crippen LogP contribution in [-0.4, -0.2) is 19.5 Å². The second-order valence-corrected chi connectivity index (χ2v) is 5.19. The molecule has 0 radical (unpaired) electrons. The van der Waals surface area contributed by atoms with Gasteiger partial charge >= 0.3 is 0 Å². The molecule has 0 fully saturated rings. The summed E-state index contributed by atoms with van der Waals surface area (Å²) in [6.45, 7) is 0.581. The minimum absolute atomic E-state index is 0.537. The summed E-state index contributed by atoms with van der Waals surface area (Å²) in [6, 6.07) is 17.5. The van der Waals surface area contributed by atoms with Crippen molar-refractivity contribution in [2.24, 2.45) is 0 Å².